The van der Waals surface area contributed by atoms with E-state index in [4.69, 9.17) is 0 Å². The lowest BCUT2D eigenvalue weighted by Gasteiger charge is -2.24. The smallest absolute Gasteiger partial charge is 0.253 e. The molecule has 1 aliphatic heterocycles. The molecule has 7 nitrogen and oxygen atoms in total. The van der Waals surface area contributed by atoms with Crippen LogP contribution in [0, 0.1) is 0 Å². The predicted octanol–water partition coefficient (Wildman–Crippen LogP) is 1.95. The van der Waals surface area contributed by atoms with E-state index in [9.17, 15) is 4.79 Å². The van der Waals surface area contributed by atoms with Gasteiger partial charge < -0.3 is 9.88 Å². The molecule has 0 aromatic carbocycles. The fourth-order valence-electron chi connectivity index (χ4n) is 3.20. The van der Waals surface area contributed by atoms with Crippen LogP contribution in [0.15, 0.2) is 30.9 Å². The number of carbonyl (C=O) groups excluding carboxylic acids is 1. The number of nitrogens with zero attached hydrogens (tertiary/aromatic N) is 5. The average molecular weight is 324 g/mol. The molecule has 1 N–H and O–H groups in total. The lowest BCUT2D eigenvalue weighted by atomic mass is 10.1. The highest BCUT2D eigenvalue weighted by Crippen LogP contribution is 2.18. The second-order valence-electron chi connectivity index (χ2n) is 6.52. The molecule has 1 amide bonds. The van der Waals surface area contributed by atoms with Gasteiger partial charge in [-0.15, -0.1) is 0 Å². The van der Waals surface area contributed by atoms with Gasteiger partial charge in [-0.3, -0.25) is 4.79 Å². The highest BCUT2D eigenvalue weighted by molar-refractivity contribution is 5.97. The summed E-state index contributed by atoms with van der Waals surface area (Å²) in [6.45, 7) is 4.88. The monoisotopic (exact) mass is 324 g/mol. The number of pyridine rings is 1. The third-order valence-electron chi connectivity index (χ3n) is 4.46. The topological polar surface area (TPSA) is 77.6 Å². The summed E-state index contributed by atoms with van der Waals surface area (Å²) in [5.41, 5.74) is 1.38. The van der Waals surface area contributed by atoms with E-state index in [1.54, 1.807) is 12.4 Å². The average Bonchev–Trinajstić information content (AvgIpc) is 3.20. The molecule has 3 aromatic heterocycles. The van der Waals surface area contributed by atoms with Crippen molar-refractivity contribution in [3.63, 3.8) is 0 Å². The van der Waals surface area contributed by atoms with Crippen molar-refractivity contribution in [1.29, 1.82) is 0 Å². The number of imidazole rings is 1. The van der Waals surface area contributed by atoms with Gasteiger partial charge in [0, 0.05) is 49.0 Å². The summed E-state index contributed by atoms with van der Waals surface area (Å²) in [5.74, 6) is 1.000. The fraction of sp³-hybridized carbons (Fsp3) is 0.412. The van der Waals surface area contributed by atoms with Crippen LogP contribution in [-0.4, -0.2) is 36.3 Å². The Kier molecular flexibility index (Phi) is 3.55. The normalized spacial score (nSPS) is 17.2. The van der Waals surface area contributed by atoms with Crippen LogP contribution in [0.1, 0.15) is 42.5 Å². The Bertz CT molecular complexity index is 894. The molecule has 124 valence electrons. The number of rotatable bonds is 3. The molecular formula is C17H20N6O. The van der Waals surface area contributed by atoms with Crippen LogP contribution in [0.5, 0.6) is 0 Å². The molecule has 0 fully saturated rings. The molecule has 24 heavy (non-hydrogen) atoms. The molecule has 7 heteroatoms. The van der Waals surface area contributed by atoms with Crippen molar-refractivity contribution in [2.24, 2.45) is 0 Å². The molecule has 4 heterocycles. The zero-order valence-electron chi connectivity index (χ0n) is 13.8. The zero-order chi connectivity index (χ0) is 16.7. The summed E-state index contributed by atoms with van der Waals surface area (Å²) in [6, 6.07) is 2.21. The highest BCUT2D eigenvalue weighted by Gasteiger charge is 2.21. The predicted molar refractivity (Wildman–Crippen MR) is 89.7 cm³/mol. The van der Waals surface area contributed by atoms with Gasteiger partial charge in [-0.05, 0) is 26.3 Å². The van der Waals surface area contributed by atoms with Gasteiger partial charge in [-0.1, -0.05) is 0 Å². The van der Waals surface area contributed by atoms with E-state index in [1.165, 1.54) is 0 Å². The van der Waals surface area contributed by atoms with Crippen molar-refractivity contribution in [3.05, 3.63) is 42.2 Å². The van der Waals surface area contributed by atoms with Gasteiger partial charge in [0.05, 0.1) is 11.8 Å². The molecule has 4 rings (SSSR count). The van der Waals surface area contributed by atoms with Crippen molar-refractivity contribution >= 4 is 16.9 Å². The molecule has 1 atom stereocenters. The molecule has 0 saturated carbocycles. The second-order valence-corrected chi connectivity index (χ2v) is 6.52. The van der Waals surface area contributed by atoms with Crippen LogP contribution < -0.4 is 5.32 Å². The van der Waals surface area contributed by atoms with E-state index in [1.807, 2.05) is 23.1 Å². The summed E-state index contributed by atoms with van der Waals surface area (Å²) in [7, 11) is 0. The van der Waals surface area contributed by atoms with Crippen molar-refractivity contribution < 1.29 is 4.79 Å². The Labute approximate surface area is 139 Å². The highest BCUT2D eigenvalue weighted by atomic mass is 16.1. The number of nitrogens with one attached hydrogen (secondary N) is 1. The first-order chi connectivity index (χ1) is 11.6. The van der Waals surface area contributed by atoms with E-state index < -0.39 is 0 Å². The maximum atomic E-state index is 12.5. The van der Waals surface area contributed by atoms with Crippen molar-refractivity contribution in [2.45, 2.75) is 45.3 Å². The molecule has 0 radical (unpaired) electrons. The van der Waals surface area contributed by atoms with Gasteiger partial charge in [0.15, 0.2) is 5.65 Å². The molecule has 1 aliphatic rings. The maximum Gasteiger partial charge on any atom is 0.253 e. The molecule has 0 bridgehead atoms. The number of aromatic nitrogens is 5. The SMILES string of the molecule is CC(C)n1ncc2cc(C(=O)NC3CCc4nccn4C3)cnc21. The summed E-state index contributed by atoms with van der Waals surface area (Å²) in [5, 5.41) is 8.33. The fourth-order valence-corrected chi connectivity index (χ4v) is 3.20. The molecule has 0 aliphatic carbocycles. The Hall–Kier alpha value is -2.70. The lowest BCUT2D eigenvalue weighted by molar-refractivity contribution is 0.0927. The largest absolute Gasteiger partial charge is 0.347 e. The molecule has 0 saturated heterocycles. The standard InChI is InChI=1S/C17H20N6O/c1-11(2)23-16-12(9-20-23)7-13(8-19-16)17(24)21-14-3-4-15-18-5-6-22(15)10-14/h5-9,11,14H,3-4,10H2,1-2H3,(H,21,24). The van der Waals surface area contributed by atoms with Crippen LogP contribution in [0.25, 0.3) is 11.0 Å². The van der Waals surface area contributed by atoms with Crippen LogP contribution in [-0.2, 0) is 13.0 Å². The summed E-state index contributed by atoms with van der Waals surface area (Å²) < 4.78 is 3.96. The van der Waals surface area contributed by atoms with E-state index in [2.05, 4.69) is 38.8 Å². The minimum Gasteiger partial charge on any atom is -0.347 e. The first-order valence-corrected chi connectivity index (χ1v) is 8.26. The van der Waals surface area contributed by atoms with Gasteiger partial charge in [0.2, 0.25) is 0 Å². The Balaban J connectivity index is 1.51. The van der Waals surface area contributed by atoms with Gasteiger partial charge >= 0.3 is 0 Å². The maximum absolute atomic E-state index is 12.5. The lowest BCUT2D eigenvalue weighted by Crippen LogP contribution is -2.40. The quantitative estimate of drug-likeness (QED) is 0.799. The summed E-state index contributed by atoms with van der Waals surface area (Å²) in [4.78, 5) is 21.3. The van der Waals surface area contributed by atoms with Crippen molar-refractivity contribution in [2.75, 3.05) is 0 Å². The summed E-state index contributed by atoms with van der Waals surface area (Å²) in [6.07, 6.45) is 8.95. The third-order valence-corrected chi connectivity index (χ3v) is 4.46. The number of hydrogen-bond donors (Lipinski definition) is 1. The molecule has 1 unspecified atom stereocenters. The van der Waals surface area contributed by atoms with Crippen LogP contribution in [0.2, 0.25) is 0 Å². The first-order valence-electron chi connectivity index (χ1n) is 8.26. The molecular weight excluding hydrogens is 304 g/mol. The Morgan fingerprint density at radius 2 is 2.21 bits per heavy atom. The van der Waals surface area contributed by atoms with E-state index in [0.29, 0.717) is 5.56 Å². The van der Waals surface area contributed by atoms with E-state index >= 15 is 0 Å². The van der Waals surface area contributed by atoms with Gasteiger partial charge in [-0.25, -0.2) is 14.6 Å². The number of aryl methyl sites for hydroxylation is 1. The number of hydrogen-bond acceptors (Lipinski definition) is 4. The van der Waals surface area contributed by atoms with Crippen LogP contribution in [0.4, 0.5) is 0 Å². The minimum absolute atomic E-state index is 0.0877. The van der Waals surface area contributed by atoms with E-state index in [-0.39, 0.29) is 18.0 Å². The van der Waals surface area contributed by atoms with Crippen molar-refractivity contribution in [3.8, 4) is 0 Å². The number of fused-ring (bicyclic) bond motifs is 2. The zero-order valence-corrected chi connectivity index (χ0v) is 13.8. The van der Waals surface area contributed by atoms with Crippen LogP contribution >= 0.6 is 0 Å². The Morgan fingerprint density at radius 3 is 3.04 bits per heavy atom. The van der Waals surface area contributed by atoms with Crippen LogP contribution in [0.3, 0.4) is 0 Å². The van der Waals surface area contributed by atoms with Gasteiger partial charge in [0.1, 0.15) is 5.82 Å². The Morgan fingerprint density at radius 1 is 1.33 bits per heavy atom. The number of amides is 1. The minimum atomic E-state index is -0.0877. The molecule has 0 spiro atoms. The van der Waals surface area contributed by atoms with Gasteiger partial charge in [-0.2, -0.15) is 5.10 Å². The third kappa shape index (κ3) is 2.55. The van der Waals surface area contributed by atoms with E-state index in [0.717, 1.165) is 36.2 Å². The van der Waals surface area contributed by atoms with Crippen molar-refractivity contribution in [1.82, 2.24) is 29.6 Å². The second kappa shape index (κ2) is 5.74. The first kappa shape index (κ1) is 14.9. The summed E-state index contributed by atoms with van der Waals surface area (Å²) >= 11 is 0. The molecule has 3 aromatic rings. The number of carbonyl (C=O) groups is 1. The van der Waals surface area contributed by atoms with Gasteiger partial charge in [0.25, 0.3) is 5.91 Å².